The summed E-state index contributed by atoms with van der Waals surface area (Å²) in [6, 6.07) is 0. The maximum absolute atomic E-state index is 12.6. The molecule has 31 heavy (non-hydrogen) atoms. The lowest BCUT2D eigenvalue weighted by molar-refractivity contribution is -0.383. The molecule has 5 aliphatic rings. The van der Waals surface area contributed by atoms with E-state index in [2.05, 4.69) is 0 Å². The van der Waals surface area contributed by atoms with Crippen molar-refractivity contribution >= 4 is 5.97 Å². The van der Waals surface area contributed by atoms with Crippen LogP contribution in [0.2, 0.25) is 0 Å². The summed E-state index contributed by atoms with van der Waals surface area (Å²) in [5.41, 5.74) is -2.25. The molecule has 3 saturated heterocycles. The molecule has 3 heterocycles. The minimum absolute atomic E-state index is 0.136. The zero-order chi connectivity index (χ0) is 22.6. The molecule has 0 aromatic heterocycles. The van der Waals surface area contributed by atoms with Gasteiger partial charge in [-0.2, -0.15) is 0 Å². The van der Waals surface area contributed by atoms with Gasteiger partial charge in [0, 0.05) is 29.6 Å². The van der Waals surface area contributed by atoms with Crippen molar-refractivity contribution < 1.29 is 49.3 Å². The molecule has 12 atom stereocenters. The Morgan fingerprint density at radius 1 is 1.13 bits per heavy atom. The van der Waals surface area contributed by atoms with Gasteiger partial charge in [-0.1, -0.05) is 20.8 Å². The van der Waals surface area contributed by atoms with Crippen LogP contribution in [0.5, 0.6) is 0 Å². The van der Waals surface area contributed by atoms with Gasteiger partial charge in [-0.3, -0.25) is 4.79 Å². The number of fused-ring (bicyclic) bond motifs is 2. The van der Waals surface area contributed by atoms with E-state index in [9.17, 15) is 30.3 Å². The molecule has 0 spiro atoms. The van der Waals surface area contributed by atoms with Crippen LogP contribution in [0.4, 0.5) is 0 Å². The number of aliphatic hydroxyl groups excluding tert-OH is 5. The summed E-state index contributed by atoms with van der Waals surface area (Å²) in [4.78, 5) is 12.6. The van der Waals surface area contributed by atoms with E-state index in [4.69, 9.17) is 18.9 Å². The number of ether oxygens (including phenoxy) is 4. The lowest BCUT2D eigenvalue weighted by Crippen LogP contribution is -2.67. The Kier molecular flexibility index (Phi) is 4.68. The van der Waals surface area contributed by atoms with E-state index >= 15 is 0 Å². The lowest BCUT2D eigenvalue weighted by Gasteiger charge is -2.58. The largest absolute Gasteiger partial charge is 0.458 e. The molecule has 5 rings (SSSR count). The zero-order valence-corrected chi connectivity index (χ0v) is 17.9. The van der Waals surface area contributed by atoms with Gasteiger partial charge in [0.1, 0.15) is 30.0 Å². The molecule has 0 radical (unpaired) electrons. The van der Waals surface area contributed by atoms with Crippen molar-refractivity contribution in [2.45, 2.75) is 88.2 Å². The molecule has 2 aliphatic carbocycles. The summed E-state index contributed by atoms with van der Waals surface area (Å²) in [6.07, 6.45) is -7.01. The minimum Gasteiger partial charge on any atom is -0.458 e. The average molecular weight is 444 g/mol. The first-order valence-electron chi connectivity index (χ1n) is 11.0. The maximum atomic E-state index is 12.6. The molecule has 2 bridgehead atoms. The summed E-state index contributed by atoms with van der Waals surface area (Å²) >= 11 is 0. The standard InChI is InChI=1S/C21H32O10/c1-9-11(23)4-21-18(3)8-28-20(10(18)2,7-19(9,21)5-13(24)30-21)31-17-16(27)15(26)14(25)12(6-22)29-17/h9-12,14-17,22-23,25-27H,4-8H2,1-3H3. The van der Waals surface area contributed by atoms with Crippen molar-refractivity contribution in [2.75, 3.05) is 13.2 Å². The van der Waals surface area contributed by atoms with E-state index in [1.54, 1.807) is 0 Å². The Labute approximate surface area is 180 Å². The van der Waals surface area contributed by atoms with Crippen LogP contribution in [0, 0.1) is 22.7 Å². The molecule has 10 heteroatoms. The van der Waals surface area contributed by atoms with Crippen LogP contribution in [0.25, 0.3) is 0 Å². The molecule has 10 nitrogen and oxygen atoms in total. The number of carbonyl (C=O) groups excluding carboxylic acids is 1. The van der Waals surface area contributed by atoms with Gasteiger partial charge in [-0.15, -0.1) is 0 Å². The number of esters is 1. The predicted octanol–water partition coefficient (Wildman–Crippen LogP) is -1.35. The highest BCUT2D eigenvalue weighted by molar-refractivity contribution is 5.75. The quantitative estimate of drug-likeness (QED) is 0.330. The predicted molar refractivity (Wildman–Crippen MR) is 101 cm³/mol. The first-order chi connectivity index (χ1) is 14.5. The fourth-order valence-corrected chi connectivity index (χ4v) is 7.29. The van der Waals surface area contributed by atoms with Gasteiger partial charge in [-0.25, -0.2) is 0 Å². The van der Waals surface area contributed by atoms with E-state index in [-0.39, 0.29) is 37.3 Å². The first kappa shape index (κ1) is 22.0. The summed E-state index contributed by atoms with van der Waals surface area (Å²) in [7, 11) is 0. The molecule has 0 aromatic rings. The third-order valence-corrected chi connectivity index (χ3v) is 9.38. The van der Waals surface area contributed by atoms with Gasteiger partial charge < -0.3 is 44.5 Å². The van der Waals surface area contributed by atoms with Crippen LogP contribution in [-0.4, -0.2) is 92.9 Å². The van der Waals surface area contributed by atoms with E-state index in [1.807, 2.05) is 20.8 Å². The molecule has 5 fully saturated rings. The van der Waals surface area contributed by atoms with Crippen LogP contribution in [0.1, 0.15) is 40.0 Å². The molecule has 0 aromatic carbocycles. The van der Waals surface area contributed by atoms with Gasteiger partial charge in [0.05, 0.1) is 25.7 Å². The zero-order valence-electron chi connectivity index (χ0n) is 17.9. The van der Waals surface area contributed by atoms with Crippen molar-refractivity contribution in [3.8, 4) is 0 Å². The van der Waals surface area contributed by atoms with Crippen molar-refractivity contribution in [3.63, 3.8) is 0 Å². The SMILES string of the molecule is CC1C2(OC3OC(CO)C(O)C(O)C3O)CC34CC(=O)OC3(CC(O)C4C)C1(C)CO2. The third-order valence-electron chi connectivity index (χ3n) is 9.38. The number of hydrogen-bond donors (Lipinski definition) is 5. The van der Waals surface area contributed by atoms with Crippen LogP contribution >= 0.6 is 0 Å². The monoisotopic (exact) mass is 444 g/mol. The summed E-state index contributed by atoms with van der Waals surface area (Å²) < 4.78 is 24.1. The third kappa shape index (κ3) is 2.42. The molecule has 2 saturated carbocycles. The normalized spacial score (nSPS) is 60.6. The average Bonchev–Trinajstić information content (AvgIpc) is 3.21. The van der Waals surface area contributed by atoms with E-state index < -0.39 is 65.6 Å². The van der Waals surface area contributed by atoms with Crippen LogP contribution in [-0.2, 0) is 23.7 Å². The molecular formula is C21H32O10. The Hall–Kier alpha value is -0.850. The van der Waals surface area contributed by atoms with Crippen molar-refractivity contribution in [3.05, 3.63) is 0 Å². The number of carbonyl (C=O) groups is 1. The summed E-state index contributed by atoms with van der Waals surface area (Å²) in [6.45, 7) is 5.48. The number of hydrogen-bond acceptors (Lipinski definition) is 10. The Balaban J connectivity index is 1.53. The Bertz CT molecular complexity index is 775. The van der Waals surface area contributed by atoms with Crippen LogP contribution in [0.3, 0.4) is 0 Å². The Morgan fingerprint density at radius 3 is 2.52 bits per heavy atom. The highest BCUT2D eigenvalue weighted by atomic mass is 16.8. The lowest BCUT2D eigenvalue weighted by atomic mass is 9.48. The van der Waals surface area contributed by atoms with Gasteiger partial charge in [0.25, 0.3) is 0 Å². The van der Waals surface area contributed by atoms with Gasteiger partial charge >= 0.3 is 5.97 Å². The fraction of sp³-hybridized carbons (Fsp3) is 0.952. The van der Waals surface area contributed by atoms with E-state index in [1.165, 1.54) is 0 Å². The van der Waals surface area contributed by atoms with Crippen molar-refractivity contribution in [1.82, 2.24) is 0 Å². The molecule has 5 N–H and O–H groups in total. The van der Waals surface area contributed by atoms with Gasteiger partial charge in [0.2, 0.25) is 0 Å². The highest BCUT2D eigenvalue weighted by Crippen LogP contribution is 2.76. The first-order valence-corrected chi connectivity index (χ1v) is 11.0. The Morgan fingerprint density at radius 2 is 1.84 bits per heavy atom. The molecule has 0 amide bonds. The van der Waals surface area contributed by atoms with E-state index in [0.29, 0.717) is 6.42 Å². The second-order valence-corrected chi connectivity index (χ2v) is 10.4. The second kappa shape index (κ2) is 6.60. The highest BCUT2D eigenvalue weighted by Gasteiger charge is 2.84. The van der Waals surface area contributed by atoms with Crippen molar-refractivity contribution in [1.29, 1.82) is 0 Å². The molecule has 12 unspecified atom stereocenters. The topological polar surface area (TPSA) is 155 Å². The van der Waals surface area contributed by atoms with Crippen molar-refractivity contribution in [2.24, 2.45) is 22.7 Å². The van der Waals surface area contributed by atoms with Crippen LogP contribution in [0.15, 0.2) is 0 Å². The second-order valence-electron chi connectivity index (χ2n) is 10.4. The maximum Gasteiger partial charge on any atom is 0.307 e. The fourth-order valence-electron chi connectivity index (χ4n) is 7.29. The summed E-state index contributed by atoms with van der Waals surface area (Å²) in [5, 5.41) is 51.1. The van der Waals surface area contributed by atoms with Gasteiger partial charge in [0.15, 0.2) is 12.1 Å². The summed E-state index contributed by atoms with van der Waals surface area (Å²) in [5.74, 6) is -2.12. The number of rotatable bonds is 3. The minimum atomic E-state index is -1.57. The van der Waals surface area contributed by atoms with Crippen LogP contribution < -0.4 is 0 Å². The molecule has 3 aliphatic heterocycles. The number of aliphatic hydroxyl groups is 5. The van der Waals surface area contributed by atoms with Gasteiger partial charge in [-0.05, 0) is 5.92 Å². The smallest absolute Gasteiger partial charge is 0.307 e. The molecule has 176 valence electrons. The molecular weight excluding hydrogens is 412 g/mol. The van der Waals surface area contributed by atoms with E-state index in [0.717, 1.165) is 0 Å².